The predicted molar refractivity (Wildman–Crippen MR) is 149 cm³/mol. The van der Waals surface area contributed by atoms with E-state index >= 15 is 0 Å². The number of aryl methyl sites for hydroxylation is 1. The zero-order valence-corrected chi connectivity index (χ0v) is 24.5. The Bertz CT molecular complexity index is 1340. The number of carbonyl (C=O) groups excluding carboxylic acids is 3. The summed E-state index contributed by atoms with van der Waals surface area (Å²) in [5.74, 6) is -1.76. The number of hydrogen-bond acceptors (Lipinski definition) is 7. The van der Waals surface area contributed by atoms with Crippen molar-refractivity contribution in [1.29, 1.82) is 0 Å². The number of fused-ring (bicyclic) bond motifs is 3. The highest BCUT2D eigenvalue weighted by Gasteiger charge is 2.76. The van der Waals surface area contributed by atoms with Crippen molar-refractivity contribution in [3.8, 4) is 0 Å². The molecule has 5 rings (SSSR count). The summed E-state index contributed by atoms with van der Waals surface area (Å²) in [6, 6.07) is 5.26. The number of Topliss-reactive ketones (excluding diaryl/α,β-unsaturated/α-hetero) is 2. The zero-order chi connectivity index (χ0) is 29.5. The van der Waals surface area contributed by atoms with Gasteiger partial charge < -0.3 is 20.1 Å². The second-order valence-corrected chi connectivity index (χ2v) is 13.6. The number of aliphatic hydroxyl groups excluding tert-OH is 2. The van der Waals surface area contributed by atoms with Crippen LogP contribution in [0.25, 0.3) is 0 Å². The molecular formula is C33H42O7. The molecule has 1 aromatic carbocycles. The third-order valence-corrected chi connectivity index (χ3v) is 10.7. The van der Waals surface area contributed by atoms with E-state index in [1.807, 2.05) is 6.92 Å². The van der Waals surface area contributed by atoms with E-state index in [4.69, 9.17) is 4.74 Å². The molecule has 2 fully saturated rings. The van der Waals surface area contributed by atoms with Gasteiger partial charge in [-0.3, -0.25) is 9.59 Å². The van der Waals surface area contributed by atoms with Gasteiger partial charge in [0.25, 0.3) is 0 Å². The van der Waals surface area contributed by atoms with Gasteiger partial charge in [0.15, 0.2) is 17.5 Å². The molecule has 0 saturated heterocycles. The Balaban J connectivity index is 1.59. The van der Waals surface area contributed by atoms with Crippen LogP contribution in [0.4, 0.5) is 0 Å². The largest absolute Gasteiger partial charge is 0.451 e. The van der Waals surface area contributed by atoms with E-state index in [1.54, 1.807) is 58.0 Å². The molecular weight excluding hydrogens is 508 g/mol. The third-order valence-electron chi connectivity index (χ3n) is 10.7. The van der Waals surface area contributed by atoms with Gasteiger partial charge in [0.2, 0.25) is 0 Å². The molecule has 2 saturated carbocycles. The van der Waals surface area contributed by atoms with Crippen LogP contribution in [0.1, 0.15) is 69.4 Å². The number of allylic oxidation sites excluding steroid dienone is 1. The summed E-state index contributed by atoms with van der Waals surface area (Å²) in [4.78, 5) is 40.9. The minimum Gasteiger partial charge on any atom is -0.451 e. The number of ketones is 2. The van der Waals surface area contributed by atoms with Crippen LogP contribution < -0.4 is 0 Å². The van der Waals surface area contributed by atoms with Crippen LogP contribution in [0.3, 0.4) is 0 Å². The van der Waals surface area contributed by atoms with Crippen LogP contribution in [0, 0.1) is 47.3 Å². The molecule has 4 aliphatic rings. The van der Waals surface area contributed by atoms with Crippen molar-refractivity contribution in [2.24, 2.45) is 40.4 Å². The van der Waals surface area contributed by atoms with Crippen molar-refractivity contribution in [3.05, 3.63) is 58.2 Å². The molecule has 40 heavy (non-hydrogen) atoms. The van der Waals surface area contributed by atoms with E-state index in [9.17, 15) is 29.7 Å². The van der Waals surface area contributed by atoms with Crippen LogP contribution in [0.2, 0.25) is 0 Å². The minimum atomic E-state index is -2.20. The van der Waals surface area contributed by atoms with Gasteiger partial charge in [-0.2, -0.15) is 0 Å². The first kappa shape index (κ1) is 28.9. The molecule has 8 atom stereocenters. The van der Waals surface area contributed by atoms with E-state index in [2.05, 4.69) is 13.8 Å². The van der Waals surface area contributed by atoms with E-state index in [1.165, 1.54) is 0 Å². The van der Waals surface area contributed by atoms with Crippen molar-refractivity contribution >= 4 is 17.5 Å². The normalized spacial score (nSPS) is 37.5. The van der Waals surface area contributed by atoms with Crippen LogP contribution in [-0.2, 0) is 20.7 Å². The monoisotopic (exact) mass is 550 g/mol. The average Bonchev–Trinajstić information content (AvgIpc) is 3.37. The minimum absolute atomic E-state index is 0.0171. The molecule has 2 bridgehead atoms. The Morgan fingerprint density at radius 2 is 1.85 bits per heavy atom. The lowest BCUT2D eigenvalue weighted by Gasteiger charge is -2.48. The quantitative estimate of drug-likeness (QED) is 0.364. The summed E-state index contributed by atoms with van der Waals surface area (Å²) >= 11 is 0. The molecule has 0 heterocycles. The first-order chi connectivity index (χ1) is 18.6. The molecule has 4 aliphatic carbocycles. The van der Waals surface area contributed by atoms with Crippen molar-refractivity contribution in [2.75, 3.05) is 6.61 Å². The van der Waals surface area contributed by atoms with Gasteiger partial charge >= 0.3 is 5.97 Å². The van der Waals surface area contributed by atoms with Gasteiger partial charge in [-0.05, 0) is 65.7 Å². The van der Waals surface area contributed by atoms with Crippen molar-refractivity contribution in [3.63, 3.8) is 0 Å². The molecule has 0 unspecified atom stereocenters. The number of rotatable bonds is 6. The standard InChI is InChI=1S/C33H42O7/c1-16(2)24(35)13-20-10-8-9-17(3)25(20)30(38)40-29-18(4)14-32-19(5)11-23-26(31(23,6)7)22(28(32)37)12-21(15-34)27(36)33(29,32)39/h8-10,12,14,16,19,22-23,26-27,29,34,36,39H,11,13,15H2,1-7H3/t19-,22+,23-,26+,27-,29+,32+,33+/m1/s1. The predicted octanol–water partition coefficient (Wildman–Crippen LogP) is 3.76. The van der Waals surface area contributed by atoms with Crippen LogP contribution in [0.15, 0.2) is 41.5 Å². The smallest absolute Gasteiger partial charge is 0.339 e. The van der Waals surface area contributed by atoms with E-state index in [-0.39, 0.29) is 58.2 Å². The molecule has 7 nitrogen and oxygen atoms in total. The lowest BCUT2D eigenvalue weighted by molar-refractivity contribution is -0.190. The van der Waals surface area contributed by atoms with Gasteiger partial charge in [-0.25, -0.2) is 4.79 Å². The lowest BCUT2D eigenvalue weighted by Crippen LogP contribution is -2.65. The molecule has 7 heteroatoms. The van der Waals surface area contributed by atoms with Gasteiger partial charge in [0.1, 0.15) is 11.9 Å². The maximum atomic E-state index is 14.5. The second kappa shape index (κ2) is 9.47. The van der Waals surface area contributed by atoms with Gasteiger partial charge in [0, 0.05) is 18.3 Å². The molecule has 216 valence electrons. The van der Waals surface area contributed by atoms with Gasteiger partial charge in [-0.15, -0.1) is 0 Å². The van der Waals surface area contributed by atoms with Gasteiger partial charge in [-0.1, -0.05) is 65.0 Å². The Kier molecular flexibility index (Phi) is 6.84. The fourth-order valence-electron chi connectivity index (χ4n) is 8.32. The highest BCUT2D eigenvalue weighted by Crippen LogP contribution is 2.71. The lowest BCUT2D eigenvalue weighted by atomic mass is 9.59. The summed E-state index contributed by atoms with van der Waals surface area (Å²) in [5, 5.41) is 34.7. The van der Waals surface area contributed by atoms with Crippen LogP contribution in [0.5, 0.6) is 0 Å². The summed E-state index contributed by atoms with van der Waals surface area (Å²) in [6.07, 6.45) is 1.17. The molecule has 1 spiro atoms. The maximum Gasteiger partial charge on any atom is 0.339 e. The number of aliphatic hydroxyl groups is 3. The zero-order valence-electron chi connectivity index (χ0n) is 24.5. The topological polar surface area (TPSA) is 121 Å². The first-order valence-corrected chi connectivity index (χ1v) is 14.4. The molecule has 1 aromatic rings. The Hall–Kier alpha value is -2.61. The van der Waals surface area contributed by atoms with E-state index in [0.29, 0.717) is 23.1 Å². The number of esters is 1. The SMILES string of the molecule is CC1=C[C@]23C(=O)[C@@H](C=C(CO)[C@@H](O)[C@]2(O)[C@H]1OC(=O)c1c(C)cccc1CC(=O)C(C)C)[C@H]1[C@@H](C[C@H]3C)C1(C)C. The van der Waals surface area contributed by atoms with E-state index < -0.39 is 41.7 Å². The van der Waals surface area contributed by atoms with Crippen molar-refractivity contribution in [1.82, 2.24) is 0 Å². The number of ether oxygens (including phenoxy) is 1. The fraction of sp³-hybridized carbons (Fsp3) is 0.606. The number of carbonyl (C=O) groups is 3. The molecule has 3 N–H and O–H groups in total. The van der Waals surface area contributed by atoms with Crippen LogP contribution in [-0.4, -0.2) is 57.3 Å². The maximum absolute atomic E-state index is 14.5. The Labute approximate surface area is 236 Å². The second-order valence-electron chi connectivity index (χ2n) is 13.6. The highest BCUT2D eigenvalue weighted by atomic mass is 16.6. The third kappa shape index (κ3) is 3.77. The van der Waals surface area contributed by atoms with Crippen molar-refractivity contribution < 1.29 is 34.4 Å². The average molecular weight is 551 g/mol. The summed E-state index contributed by atoms with van der Waals surface area (Å²) in [6.45, 7) is 12.8. The van der Waals surface area contributed by atoms with E-state index in [0.717, 1.165) is 0 Å². The first-order valence-electron chi connectivity index (χ1n) is 14.4. The number of hydrogen-bond donors (Lipinski definition) is 3. The molecule has 0 amide bonds. The molecule has 0 radical (unpaired) electrons. The summed E-state index contributed by atoms with van der Waals surface area (Å²) in [7, 11) is 0. The summed E-state index contributed by atoms with van der Waals surface area (Å²) in [5.41, 5.74) is -1.72. The number of benzene rings is 1. The van der Waals surface area contributed by atoms with Crippen molar-refractivity contribution in [2.45, 2.75) is 79.1 Å². The molecule has 0 aliphatic heterocycles. The molecule has 0 aromatic heterocycles. The Morgan fingerprint density at radius 1 is 1.18 bits per heavy atom. The Morgan fingerprint density at radius 3 is 2.48 bits per heavy atom. The fourth-order valence-corrected chi connectivity index (χ4v) is 8.32. The summed E-state index contributed by atoms with van der Waals surface area (Å²) < 4.78 is 6.08. The van der Waals surface area contributed by atoms with Crippen LogP contribution >= 0.6 is 0 Å². The van der Waals surface area contributed by atoms with Gasteiger partial charge in [0.05, 0.1) is 17.6 Å². The highest BCUT2D eigenvalue weighted by molar-refractivity contribution is 5.97.